The average molecular weight is 307 g/mol. The zero-order valence-corrected chi connectivity index (χ0v) is 14.2. The van der Waals surface area contributed by atoms with E-state index in [1.165, 1.54) is 0 Å². The van der Waals surface area contributed by atoms with Crippen molar-refractivity contribution in [2.24, 2.45) is 0 Å². The van der Waals surface area contributed by atoms with Crippen molar-refractivity contribution >= 4 is 23.2 Å². The zero-order valence-electron chi connectivity index (χ0n) is 13.3. The molecule has 1 aromatic rings. The van der Waals surface area contributed by atoms with Gasteiger partial charge in [0, 0.05) is 18.2 Å². The Hall–Kier alpha value is -1.26. The molecule has 0 aliphatic carbocycles. The fourth-order valence-corrected chi connectivity index (χ4v) is 2.46. The molecule has 21 heavy (non-hydrogen) atoms. The van der Waals surface area contributed by atoms with E-state index in [1.54, 1.807) is 11.3 Å². The molecule has 0 fully saturated rings. The molecule has 1 unspecified atom stereocenters. The van der Waals surface area contributed by atoms with Gasteiger partial charge in [-0.05, 0) is 45.3 Å². The first-order valence-electron chi connectivity index (χ1n) is 7.38. The lowest BCUT2D eigenvalue weighted by atomic mass is 10.0. The largest absolute Gasteiger partial charge is 0.388 e. The summed E-state index contributed by atoms with van der Waals surface area (Å²) in [5.41, 5.74) is 2.98. The number of thiazole rings is 1. The lowest BCUT2D eigenvalue weighted by Crippen LogP contribution is -2.06. The molecular formula is C17H25NO2S. The topological polar surface area (TPSA) is 50.2 Å². The summed E-state index contributed by atoms with van der Waals surface area (Å²) in [5, 5.41) is 13.2. The Morgan fingerprint density at radius 2 is 2.14 bits per heavy atom. The minimum Gasteiger partial charge on any atom is -0.388 e. The predicted octanol–water partition coefficient (Wildman–Crippen LogP) is 4.31. The quantitative estimate of drug-likeness (QED) is 0.728. The highest BCUT2D eigenvalue weighted by Crippen LogP contribution is 2.16. The number of nitrogens with zero attached hydrogens (tertiary/aromatic N) is 1. The SMILES string of the molecule is CCC(=O)CC/C(C)=C\CC(O)/C(C)=C/c1csc(C)n1. The van der Waals surface area contributed by atoms with E-state index >= 15 is 0 Å². The number of aryl methyl sites for hydroxylation is 1. The molecule has 0 amide bonds. The van der Waals surface area contributed by atoms with Gasteiger partial charge in [0.25, 0.3) is 0 Å². The van der Waals surface area contributed by atoms with Crippen molar-refractivity contribution in [2.45, 2.75) is 59.5 Å². The summed E-state index contributed by atoms with van der Waals surface area (Å²) in [6.07, 6.45) is 6.02. The predicted molar refractivity (Wildman–Crippen MR) is 89.4 cm³/mol. The Morgan fingerprint density at radius 3 is 2.71 bits per heavy atom. The number of aliphatic hydroxyl groups excluding tert-OH is 1. The van der Waals surface area contributed by atoms with Crippen LogP contribution in [-0.2, 0) is 4.79 Å². The summed E-state index contributed by atoms with van der Waals surface area (Å²) >= 11 is 1.61. The van der Waals surface area contributed by atoms with Crippen LogP contribution in [0.2, 0.25) is 0 Å². The van der Waals surface area contributed by atoms with Gasteiger partial charge in [-0.25, -0.2) is 4.98 Å². The molecule has 1 N–H and O–H groups in total. The van der Waals surface area contributed by atoms with Gasteiger partial charge in [0.15, 0.2) is 0 Å². The lowest BCUT2D eigenvalue weighted by molar-refractivity contribution is -0.118. The summed E-state index contributed by atoms with van der Waals surface area (Å²) in [6.45, 7) is 7.79. The van der Waals surface area contributed by atoms with Gasteiger partial charge >= 0.3 is 0 Å². The number of ketones is 1. The number of carbonyl (C=O) groups is 1. The van der Waals surface area contributed by atoms with Crippen LogP contribution in [-0.4, -0.2) is 22.0 Å². The highest BCUT2D eigenvalue weighted by Gasteiger charge is 2.06. The number of Topliss-reactive ketones (excluding diaryl/α,β-unsaturated/α-hetero) is 1. The second-order valence-corrected chi connectivity index (χ2v) is 6.44. The Morgan fingerprint density at radius 1 is 1.43 bits per heavy atom. The third-order valence-corrected chi connectivity index (χ3v) is 4.21. The maximum absolute atomic E-state index is 11.3. The van der Waals surface area contributed by atoms with Crippen LogP contribution in [0.25, 0.3) is 6.08 Å². The first-order chi connectivity index (χ1) is 9.92. The first kappa shape index (κ1) is 17.8. The second-order valence-electron chi connectivity index (χ2n) is 5.37. The monoisotopic (exact) mass is 307 g/mol. The van der Waals surface area contributed by atoms with E-state index in [1.807, 2.05) is 45.2 Å². The third kappa shape index (κ3) is 6.82. The van der Waals surface area contributed by atoms with Gasteiger partial charge in [0.05, 0.1) is 16.8 Å². The third-order valence-electron chi connectivity index (χ3n) is 3.42. The van der Waals surface area contributed by atoms with E-state index in [9.17, 15) is 9.90 Å². The molecule has 1 aromatic heterocycles. The van der Waals surface area contributed by atoms with Crippen LogP contribution in [0.5, 0.6) is 0 Å². The van der Waals surface area contributed by atoms with Crippen LogP contribution >= 0.6 is 11.3 Å². The van der Waals surface area contributed by atoms with Crippen molar-refractivity contribution in [1.82, 2.24) is 4.98 Å². The maximum atomic E-state index is 11.3. The summed E-state index contributed by atoms with van der Waals surface area (Å²) in [5.74, 6) is 0.290. The Balaban J connectivity index is 2.50. The van der Waals surface area contributed by atoms with E-state index in [0.717, 1.165) is 28.3 Å². The van der Waals surface area contributed by atoms with Gasteiger partial charge in [0.2, 0.25) is 0 Å². The van der Waals surface area contributed by atoms with Gasteiger partial charge in [-0.2, -0.15) is 0 Å². The van der Waals surface area contributed by atoms with Crippen molar-refractivity contribution in [1.29, 1.82) is 0 Å². The van der Waals surface area contributed by atoms with E-state index < -0.39 is 6.10 Å². The summed E-state index contributed by atoms with van der Waals surface area (Å²) in [4.78, 5) is 15.6. The van der Waals surface area contributed by atoms with Crippen LogP contribution in [0, 0.1) is 6.92 Å². The van der Waals surface area contributed by atoms with Crippen molar-refractivity contribution in [3.05, 3.63) is 33.3 Å². The number of hydrogen-bond acceptors (Lipinski definition) is 4. The average Bonchev–Trinajstić information content (AvgIpc) is 2.86. The standard InChI is InChI=1S/C17H25NO2S/c1-5-16(19)8-6-12(2)7-9-17(20)13(3)10-15-11-21-14(4)18-15/h7,10-11,17,20H,5-6,8-9H2,1-4H3/b12-7-,13-10+. The first-order valence-corrected chi connectivity index (χ1v) is 8.26. The molecule has 0 radical (unpaired) electrons. The number of aliphatic hydroxyl groups is 1. The van der Waals surface area contributed by atoms with Crippen molar-refractivity contribution in [3.8, 4) is 0 Å². The minimum atomic E-state index is -0.496. The number of carbonyl (C=O) groups excluding carboxylic acids is 1. The molecule has 0 saturated heterocycles. The van der Waals surface area contributed by atoms with Crippen molar-refractivity contribution in [2.75, 3.05) is 0 Å². The molecule has 1 atom stereocenters. The molecule has 116 valence electrons. The van der Waals surface area contributed by atoms with Crippen LogP contribution < -0.4 is 0 Å². The van der Waals surface area contributed by atoms with Crippen LogP contribution in [0.3, 0.4) is 0 Å². The molecule has 0 saturated carbocycles. The number of allylic oxidation sites excluding steroid dienone is 1. The van der Waals surface area contributed by atoms with Crippen molar-refractivity contribution in [3.63, 3.8) is 0 Å². The number of hydrogen-bond donors (Lipinski definition) is 1. The van der Waals surface area contributed by atoms with Gasteiger partial charge in [-0.3, -0.25) is 4.79 Å². The fourth-order valence-electron chi connectivity index (χ4n) is 1.89. The molecule has 0 bridgehead atoms. The molecule has 0 spiro atoms. The normalized spacial score (nSPS) is 14.3. The number of aromatic nitrogens is 1. The Labute approximate surface area is 131 Å². The van der Waals surface area contributed by atoms with Gasteiger partial charge < -0.3 is 5.11 Å². The highest BCUT2D eigenvalue weighted by molar-refractivity contribution is 7.09. The Kier molecular flexibility index (Phi) is 7.54. The molecule has 0 aromatic carbocycles. The summed E-state index contributed by atoms with van der Waals surface area (Å²) < 4.78 is 0. The van der Waals surface area contributed by atoms with Crippen LogP contribution in [0.15, 0.2) is 22.6 Å². The highest BCUT2D eigenvalue weighted by atomic mass is 32.1. The second kappa shape index (κ2) is 8.90. The summed E-state index contributed by atoms with van der Waals surface area (Å²) in [6, 6.07) is 0. The van der Waals surface area contributed by atoms with E-state index in [2.05, 4.69) is 4.98 Å². The molecule has 0 aliphatic rings. The van der Waals surface area contributed by atoms with E-state index in [0.29, 0.717) is 25.0 Å². The molecular weight excluding hydrogens is 282 g/mol. The number of rotatable bonds is 8. The van der Waals surface area contributed by atoms with E-state index in [4.69, 9.17) is 0 Å². The lowest BCUT2D eigenvalue weighted by Gasteiger charge is -2.09. The zero-order chi connectivity index (χ0) is 15.8. The smallest absolute Gasteiger partial charge is 0.132 e. The summed E-state index contributed by atoms with van der Waals surface area (Å²) in [7, 11) is 0. The van der Waals surface area contributed by atoms with Crippen LogP contribution in [0.1, 0.15) is 57.2 Å². The molecule has 3 nitrogen and oxygen atoms in total. The van der Waals surface area contributed by atoms with E-state index in [-0.39, 0.29) is 0 Å². The molecule has 4 heteroatoms. The van der Waals surface area contributed by atoms with Gasteiger partial charge in [-0.1, -0.05) is 18.6 Å². The van der Waals surface area contributed by atoms with Gasteiger partial charge in [0.1, 0.15) is 5.78 Å². The fraction of sp³-hybridized carbons (Fsp3) is 0.529. The van der Waals surface area contributed by atoms with Crippen LogP contribution in [0.4, 0.5) is 0 Å². The Bertz CT molecular complexity index is 529. The molecule has 0 aliphatic heterocycles. The van der Waals surface area contributed by atoms with Crippen molar-refractivity contribution < 1.29 is 9.90 Å². The minimum absolute atomic E-state index is 0.290. The van der Waals surface area contributed by atoms with Gasteiger partial charge in [-0.15, -0.1) is 11.3 Å². The molecule has 1 heterocycles. The maximum Gasteiger partial charge on any atom is 0.132 e. The molecule has 1 rings (SSSR count).